The van der Waals surface area contributed by atoms with E-state index in [4.69, 9.17) is 5.73 Å². The minimum absolute atomic E-state index is 0. The lowest BCUT2D eigenvalue weighted by molar-refractivity contribution is -0.128. The van der Waals surface area contributed by atoms with Gasteiger partial charge in [0.15, 0.2) is 0 Å². The molecule has 1 amide bonds. The molecule has 24 heavy (non-hydrogen) atoms. The van der Waals surface area contributed by atoms with Crippen LogP contribution in [0, 0.1) is 11.7 Å². The summed E-state index contributed by atoms with van der Waals surface area (Å²) in [5.74, 6) is -0.224. The smallest absolute Gasteiger partial charge is 0.224 e. The highest BCUT2D eigenvalue weighted by Gasteiger charge is 2.41. The molecule has 2 atom stereocenters. The van der Waals surface area contributed by atoms with Crippen molar-refractivity contribution >= 4 is 18.3 Å². The summed E-state index contributed by atoms with van der Waals surface area (Å²) < 4.78 is 13.2. The molecule has 0 aliphatic heterocycles. The number of nitrogens with one attached hydrogen (secondary N) is 1. The van der Waals surface area contributed by atoms with Crippen molar-refractivity contribution in [3.63, 3.8) is 0 Å². The molecule has 134 valence electrons. The molecule has 1 aromatic carbocycles. The Morgan fingerprint density at radius 2 is 1.88 bits per heavy atom. The summed E-state index contributed by atoms with van der Waals surface area (Å²) in [6, 6.07) is 6.73. The Labute approximate surface area is 150 Å². The van der Waals surface area contributed by atoms with Crippen LogP contribution in [0.3, 0.4) is 0 Å². The van der Waals surface area contributed by atoms with Gasteiger partial charge in [-0.3, -0.25) is 4.79 Å². The van der Waals surface area contributed by atoms with Gasteiger partial charge in [0.05, 0.1) is 5.92 Å². The number of carbonyl (C=O) groups excluding carboxylic acids is 1. The van der Waals surface area contributed by atoms with Gasteiger partial charge in [-0.15, -0.1) is 12.4 Å². The van der Waals surface area contributed by atoms with Gasteiger partial charge in [-0.05, 0) is 50.3 Å². The molecule has 2 saturated carbocycles. The highest BCUT2D eigenvalue weighted by atomic mass is 35.5. The Morgan fingerprint density at radius 1 is 1.21 bits per heavy atom. The van der Waals surface area contributed by atoms with Crippen LogP contribution in [0.1, 0.15) is 57.4 Å². The van der Waals surface area contributed by atoms with Gasteiger partial charge in [-0.25, -0.2) is 4.39 Å². The Balaban J connectivity index is 0.00000208. The molecule has 2 aliphatic carbocycles. The van der Waals surface area contributed by atoms with Crippen molar-refractivity contribution < 1.29 is 9.18 Å². The normalized spacial score (nSPS) is 28.4. The molecule has 2 unspecified atom stereocenters. The fourth-order valence-electron chi connectivity index (χ4n) is 4.14. The van der Waals surface area contributed by atoms with E-state index in [2.05, 4.69) is 5.32 Å². The molecule has 3 nitrogen and oxygen atoms in total. The molecule has 2 fully saturated rings. The molecule has 0 bridgehead atoms. The van der Waals surface area contributed by atoms with Crippen LogP contribution in [0.25, 0.3) is 0 Å². The third-order valence-electron chi connectivity index (χ3n) is 5.94. The summed E-state index contributed by atoms with van der Waals surface area (Å²) in [5.41, 5.74) is 7.04. The average Bonchev–Trinajstić information content (AvgIpc) is 2.47. The molecular weight excluding hydrogens is 327 g/mol. The number of benzene rings is 1. The maximum Gasteiger partial charge on any atom is 0.224 e. The Bertz CT molecular complexity index is 569. The Kier molecular flexibility index (Phi) is 5.92. The topological polar surface area (TPSA) is 55.1 Å². The van der Waals surface area contributed by atoms with Crippen molar-refractivity contribution in [2.75, 3.05) is 6.54 Å². The third-order valence-corrected chi connectivity index (χ3v) is 5.94. The molecule has 0 radical (unpaired) electrons. The van der Waals surface area contributed by atoms with Gasteiger partial charge in [0.1, 0.15) is 5.82 Å². The zero-order chi connectivity index (χ0) is 16.5. The number of hydrogen-bond acceptors (Lipinski definition) is 2. The second-order valence-corrected chi connectivity index (χ2v) is 7.66. The Morgan fingerprint density at radius 3 is 2.42 bits per heavy atom. The molecule has 2 aliphatic rings. The lowest BCUT2D eigenvalue weighted by Crippen LogP contribution is -2.55. The Hall–Kier alpha value is -1.13. The molecule has 3 rings (SSSR count). The van der Waals surface area contributed by atoms with Crippen molar-refractivity contribution in [2.45, 2.75) is 62.8 Å². The van der Waals surface area contributed by atoms with E-state index in [1.54, 1.807) is 0 Å². The summed E-state index contributed by atoms with van der Waals surface area (Å²) in [4.78, 5) is 12.6. The number of nitrogens with two attached hydrogens (primary N) is 1. The molecule has 5 heteroatoms. The second kappa shape index (κ2) is 7.40. The van der Waals surface area contributed by atoms with E-state index in [9.17, 15) is 9.18 Å². The summed E-state index contributed by atoms with van der Waals surface area (Å²) in [5, 5.41) is 3.15. The summed E-state index contributed by atoms with van der Waals surface area (Å²) in [6.07, 6.45) is 7.22. The van der Waals surface area contributed by atoms with Crippen molar-refractivity contribution in [3.8, 4) is 0 Å². The summed E-state index contributed by atoms with van der Waals surface area (Å²) in [7, 11) is 0. The molecule has 3 N–H and O–H groups in total. The lowest BCUT2D eigenvalue weighted by Gasteiger charge is -2.44. The van der Waals surface area contributed by atoms with Crippen molar-refractivity contribution in [3.05, 3.63) is 35.6 Å². The monoisotopic (exact) mass is 354 g/mol. The van der Waals surface area contributed by atoms with E-state index in [-0.39, 0.29) is 35.5 Å². The maximum absolute atomic E-state index is 13.2. The number of rotatable bonds is 4. The van der Waals surface area contributed by atoms with E-state index in [0.717, 1.165) is 50.5 Å². The number of carbonyl (C=O) groups is 1. The first-order chi connectivity index (χ1) is 10.9. The van der Waals surface area contributed by atoms with Gasteiger partial charge in [0.25, 0.3) is 0 Å². The minimum atomic E-state index is -0.398. The highest BCUT2D eigenvalue weighted by Crippen LogP contribution is 2.43. The summed E-state index contributed by atoms with van der Waals surface area (Å²) in [6.45, 7) is 2.62. The first kappa shape index (κ1) is 19.2. The highest BCUT2D eigenvalue weighted by molar-refractivity contribution is 5.85. The predicted octanol–water partition coefficient (Wildman–Crippen LogP) is 3.69. The number of amides is 1. The van der Waals surface area contributed by atoms with E-state index < -0.39 is 5.54 Å². The fourth-order valence-corrected chi connectivity index (χ4v) is 4.14. The fraction of sp³-hybridized carbons (Fsp3) is 0.632. The van der Waals surface area contributed by atoms with Crippen LogP contribution in [0.5, 0.6) is 0 Å². The third kappa shape index (κ3) is 3.75. The first-order valence-corrected chi connectivity index (χ1v) is 8.76. The van der Waals surface area contributed by atoms with Crippen LogP contribution >= 0.6 is 12.4 Å². The number of hydrogen-bond donors (Lipinski definition) is 2. The molecule has 0 spiro atoms. The minimum Gasteiger partial charge on any atom is -0.355 e. The van der Waals surface area contributed by atoms with E-state index in [1.165, 1.54) is 12.1 Å². The standard InChI is InChI=1S/C19H27FN2O.ClH/c1-18(21)10-3-2-5-16(18)17(23)22-13-19(11-4-12-19)14-6-8-15(20)9-7-14;/h6-9,16H,2-5,10-13,21H2,1H3,(H,22,23);1H. The van der Waals surface area contributed by atoms with Crippen LogP contribution in [0.2, 0.25) is 0 Å². The number of halogens is 2. The van der Waals surface area contributed by atoms with Gasteiger partial charge in [0.2, 0.25) is 5.91 Å². The zero-order valence-corrected chi connectivity index (χ0v) is 15.1. The van der Waals surface area contributed by atoms with E-state index >= 15 is 0 Å². The molecule has 0 saturated heterocycles. The van der Waals surface area contributed by atoms with Crippen LogP contribution in [0.4, 0.5) is 4.39 Å². The van der Waals surface area contributed by atoms with Crippen molar-refractivity contribution in [1.29, 1.82) is 0 Å². The van der Waals surface area contributed by atoms with Crippen LogP contribution in [-0.4, -0.2) is 18.0 Å². The molecular formula is C19H28ClFN2O. The van der Waals surface area contributed by atoms with Crippen LogP contribution in [-0.2, 0) is 10.2 Å². The van der Waals surface area contributed by atoms with Gasteiger partial charge in [-0.2, -0.15) is 0 Å². The van der Waals surface area contributed by atoms with Gasteiger partial charge in [0, 0.05) is 17.5 Å². The zero-order valence-electron chi connectivity index (χ0n) is 14.3. The quantitative estimate of drug-likeness (QED) is 0.866. The maximum atomic E-state index is 13.2. The average molecular weight is 355 g/mol. The van der Waals surface area contributed by atoms with E-state index in [0.29, 0.717) is 6.54 Å². The predicted molar refractivity (Wildman–Crippen MR) is 96.7 cm³/mol. The molecule has 0 aromatic heterocycles. The van der Waals surface area contributed by atoms with E-state index in [1.807, 2.05) is 19.1 Å². The second-order valence-electron chi connectivity index (χ2n) is 7.66. The van der Waals surface area contributed by atoms with Crippen LogP contribution in [0.15, 0.2) is 24.3 Å². The summed E-state index contributed by atoms with van der Waals surface area (Å²) >= 11 is 0. The molecule has 0 heterocycles. The van der Waals surface area contributed by atoms with Crippen molar-refractivity contribution in [2.24, 2.45) is 11.7 Å². The van der Waals surface area contributed by atoms with Crippen LogP contribution < -0.4 is 11.1 Å². The first-order valence-electron chi connectivity index (χ1n) is 8.76. The van der Waals surface area contributed by atoms with Gasteiger partial charge >= 0.3 is 0 Å². The lowest BCUT2D eigenvalue weighted by atomic mass is 9.64. The SMILES string of the molecule is CC1(N)CCCCC1C(=O)NCC1(c2ccc(F)cc2)CCC1.Cl. The van der Waals surface area contributed by atoms with Gasteiger partial charge < -0.3 is 11.1 Å². The molecule has 1 aromatic rings. The van der Waals surface area contributed by atoms with Crippen molar-refractivity contribution in [1.82, 2.24) is 5.32 Å². The van der Waals surface area contributed by atoms with Gasteiger partial charge in [-0.1, -0.05) is 31.4 Å². The largest absolute Gasteiger partial charge is 0.355 e.